The van der Waals surface area contributed by atoms with Gasteiger partial charge in [-0.1, -0.05) is 169 Å². The summed E-state index contributed by atoms with van der Waals surface area (Å²) in [6.45, 7) is 34.2. The molecule has 3 nitrogen and oxygen atoms in total. The molecule has 0 bridgehead atoms. The van der Waals surface area contributed by atoms with Crippen LogP contribution < -0.4 is 26.2 Å². The fourth-order valence-corrected chi connectivity index (χ4v) is 15.0. The molecular formula is C72H73BN2O. The molecule has 0 amide bonds. The van der Waals surface area contributed by atoms with Gasteiger partial charge in [0.2, 0.25) is 0 Å². The molecule has 3 aliphatic carbocycles. The molecule has 0 fully saturated rings. The van der Waals surface area contributed by atoms with E-state index >= 15 is 0 Å². The lowest BCUT2D eigenvalue weighted by Gasteiger charge is -2.48. The van der Waals surface area contributed by atoms with Crippen molar-refractivity contribution >= 4 is 79.2 Å². The van der Waals surface area contributed by atoms with E-state index in [0.29, 0.717) is 0 Å². The van der Waals surface area contributed by atoms with Crippen molar-refractivity contribution in [3.05, 3.63) is 184 Å². The summed E-state index contributed by atoms with van der Waals surface area (Å²) < 4.78 is 6.52. The van der Waals surface area contributed by atoms with E-state index in [1.807, 2.05) is 0 Å². The molecule has 14 rings (SSSR count). The standard InChI is InChI=1S/C72H73BN2O/c1-42-34-60-65-61(35-42)75(58-28-24-44(67(2,3)4)36-47(58)43-20-16-15-17-21-43)66-56(27-26-50-64(66)49-38-52-53(39-51(49)72(50,13)14)69(7,8)31-30-68(52,5)6)73(65)57-40-54-55(71(11,12)33-32-70(54,9)10)41-59(57)74(60)45-25-29-63-48(37-45)46-22-18-19-23-62(46)76-63/h15-29,34-41H,30-33H2,1-14H3. The van der Waals surface area contributed by atoms with Crippen LogP contribution in [0.5, 0.6) is 0 Å². The van der Waals surface area contributed by atoms with Gasteiger partial charge in [0, 0.05) is 55.8 Å². The van der Waals surface area contributed by atoms with Crippen molar-refractivity contribution in [3.8, 4) is 22.3 Å². The second-order valence-corrected chi connectivity index (χ2v) is 27.9. The second-order valence-electron chi connectivity index (χ2n) is 27.9. The molecule has 380 valence electrons. The summed E-state index contributed by atoms with van der Waals surface area (Å²) in [6.07, 6.45) is 4.67. The molecule has 0 N–H and O–H groups in total. The number of hydrogen-bond donors (Lipinski definition) is 0. The average molecular weight is 993 g/mol. The van der Waals surface area contributed by atoms with Crippen LogP contribution in [0.4, 0.5) is 34.1 Å². The zero-order chi connectivity index (χ0) is 53.0. The van der Waals surface area contributed by atoms with Crippen molar-refractivity contribution in [1.29, 1.82) is 0 Å². The number of nitrogens with zero attached hydrogens (tertiary/aromatic N) is 2. The Bertz CT molecular complexity index is 3980. The maximum absolute atomic E-state index is 6.52. The molecule has 0 spiro atoms. The minimum absolute atomic E-state index is 0.0131. The monoisotopic (exact) mass is 993 g/mol. The predicted molar refractivity (Wildman–Crippen MR) is 325 cm³/mol. The summed E-state index contributed by atoms with van der Waals surface area (Å²) >= 11 is 0. The molecule has 0 unspecified atom stereocenters. The number of anilines is 6. The van der Waals surface area contributed by atoms with Crippen LogP contribution in [0.3, 0.4) is 0 Å². The number of furan rings is 1. The topological polar surface area (TPSA) is 19.6 Å². The zero-order valence-electron chi connectivity index (χ0n) is 47.5. The Hall–Kier alpha value is -6.78. The Morgan fingerprint density at radius 3 is 1.75 bits per heavy atom. The summed E-state index contributed by atoms with van der Waals surface area (Å²) in [5, 5.41) is 2.29. The van der Waals surface area contributed by atoms with Crippen LogP contribution in [0.1, 0.15) is 160 Å². The molecule has 5 aliphatic rings. The van der Waals surface area contributed by atoms with E-state index < -0.39 is 0 Å². The maximum atomic E-state index is 6.52. The number of benzene rings is 8. The normalized spacial score (nSPS) is 18.6. The first-order valence-electron chi connectivity index (χ1n) is 28.4. The minimum atomic E-state index is -0.222. The van der Waals surface area contributed by atoms with E-state index in [9.17, 15) is 0 Å². The molecule has 0 atom stereocenters. The fourth-order valence-electron chi connectivity index (χ4n) is 15.0. The van der Waals surface area contributed by atoms with Crippen LogP contribution in [0.15, 0.2) is 144 Å². The van der Waals surface area contributed by atoms with Gasteiger partial charge >= 0.3 is 0 Å². The first-order valence-corrected chi connectivity index (χ1v) is 28.4. The lowest BCUT2D eigenvalue weighted by Crippen LogP contribution is -2.62. The third kappa shape index (κ3) is 6.61. The highest BCUT2D eigenvalue weighted by molar-refractivity contribution is 7.00. The van der Waals surface area contributed by atoms with Gasteiger partial charge < -0.3 is 14.2 Å². The van der Waals surface area contributed by atoms with E-state index in [-0.39, 0.29) is 39.2 Å². The van der Waals surface area contributed by atoms with Crippen molar-refractivity contribution in [2.45, 2.75) is 155 Å². The van der Waals surface area contributed by atoms with Crippen LogP contribution in [0, 0.1) is 6.92 Å². The van der Waals surface area contributed by atoms with E-state index in [2.05, 4.69) is 246 Å². The van der Waals surface area contributed by atoms with Crippen LogP contribution in [0.2, 0.25) is 0 Å². The Morgan fingerprint density at radius 2 is 1.07 bits per heavy atom. The van der Waals surface area contributed by atoms with E-state index in [1.165, 1.54) is 124 Å². The second kappa shape index (κ2) is 15.5. The highest BCUT2D eigenvalue weighted by Crippen LogP contribution is 2.60. The molecule has 9 aromatic rings. The van der Waals surface area contributed by atoms with E-state index in [0.717, 1.165) is 40.5 Å². The molecule has 4 heteroatoms. The molecule has 0 saturated heterocycles. The average Bonchev–Trinajstić information content (AvgIpc) is 3.83. The first kappa shape index (κ1) is 47.7. The van der Waals surface area contributed by atoms with Gasteiger partial charge in [-0.05, 0) is 192 Å². The molecule has 3 heterocycles. The number of fused-ring (bicyclic) bond motifs is 13. The Labute approximate surface area is 452 Å². The summed E-state index contributed by atoms with van der Waals surface area (Å²) in [7, 11) is 0. The van der Waals surface area contributed by atoms with Crippen LogP contribution in [0.25, 0.3) is 44.2 Å². The van der Waals surface area contributed by atoms with Gasteiger partial charge in [-0.15, -0.1) is 0 Å². The van der Waals surface area contributed by atoms with E-state index in [1.54, 1.807) is 0 Å². The third-order valence-electron chi connectivity index (χ3n) is 19.8. The van der Waals surface area contributed by atoms with Crippen molar-refractivity contribution in [2.75, 3.05) is 9.80 Å². The van der Waals surface area contributed by atoms with Gasteiger partial charge in [-0.25, -0.2) is 0 Å². The first-order chi connectivity index (χ1) is 35.9. The van der Waals surface area contributed by atoms with Gasteiger partial charge in [0.25, 0.3) is 6.71 Å². The number of rotatable bonds is 3. The molecule has 76 heavy (non-hydrogen) atoms. The van der Waals surface area contributed by atoms with Gasteiger partial charge in [-0.2, -0.15) is 0 Å². The van der Waals surface area contributed by atoms with Crippen molar-refractivity contribution in [2.24, 2.45) is 0 Å². The van der Waals surface area contributed by atoms with Crippen LogP contribution >= 0.6 is 0 Å². The van der Waals surface area contributed by atoms with Crippen molar-refractivity contribution in [1.82, 2.24) is 0 Å². The summed E-state index contributed by atoms with van der Waals surface area (Å²) in [5.41, 5.74) is 30.1. The lowest BCUT2D eigenvalue weighted by atomic mass is 9.32. The summed E-state index contributed by atoms with van der Waals surface area (Å²) in [6, 6.07) is 54.8. The van der Waals surface area contributed by atoms with Crippen LogP contribution in [-0.4, -0.2) is 6.71 Å². The highest BCUT2D eigenvalue weighted by atomic mass is 16.3. The highest BCUT2D eigenvalue weighted by Gasteiger charge is 2.51. The predicted octanol–water partition coefficient (Wildman–Crippen LogP) is 17.9. The minimum Gasteiger partial charge on any atom is -0.456 e. The van der Waals surface area contributed by atoms with Crippen molar-refractivity contribution < 1.29 is 4.42 Å². The number of aryl methyl sites for hydroxylation is 1. The zero-order valence-corrected chi connectivity index (χ0v) is 47.5. The summed E-state index contributed by atoms with van der Waals surface area (Å²) in [4.78, 5) is 5.40. The number of hydrogen-bond acceptors (Lipinski definition) is 3. The number of para-hydroxylation sites is 1. The molecule has 8 aromatic carbocycles. The SMILES string of the molecule is Cc1cc2c3c(c1)N(c1ccc(C(C)(C)C)cc1-c1ccccc1)c1c(ccc4c1-c1cc5c(cc1C4(C)C)C(C)(C)CCC5(C)C)B3c1cc3c(cc1N2c1ccc2oc4ccccc4c2c1)C(C)(C)CCC3(C)C. The molecule has 0 saturated carbocycles. The van der Waals surface area contributed by atoms with Gasteiger partial charge in [0.1, 0.15) is 11.2 Å². The van der Waals surface area contributed by atoms with E-state index in [4.69, 9.17) is 4.42 Å². The Kier molecular flexibility index (Phi) is 9.69. The van der Waals surface area contributed by atoms with Gasteiger partial charge in [0.05, 0.1) is 5.69 Å². The van der Waals surface area contributed by atoms with Gasteiger partial charge in [0.15, 0.2) is 0 Å². The Morgan fingerprint density at radius 1 is 0.461 bits per heavy atom. The molecule has 2 aliphatic heterocycles. The summed E-state index contributed by atoms with van der Waals surface area (Å²) in [5.74, 6) is 0. The van der Waals surface area contributed by atoms with Gasteiger partial charge in [-0.3, -0.25) is 0 Å². The smallest absolute Gasteiger partial charge is 0.252 e. The Balaban J connectivity index is 1.14. The van der Waals surface area contributed by atoms with Crippen molar-refractivity contribution in [3.63, 3.8) is 0 Å². The third-order valence-corrected chi connectivity index (χ3v) is 19.8. The molecular weight excluding hydrogens is 920 g/mol. The van der Waals surface area contributed by atoms with Crippen LogP contribution in [-0.2, 0) is 32.5 Å². The quantitative estimate of drug-likeness (QED) is 0.165. The molecule has 0 radical (unpaired) electrons. The maximum Gasteiger partial charge on any atom is 0.252 e. The fraction of sp³-hybridized carbons (Fsp3) is 0.333. The molecule has 1 aromatic heterocycles. The lowest BCUT2D eigenvalue weighted by molar-refractivity contribution is 0.331. The largest absolute Gasteiger partial charge is 0.456 e.